The largest absolute Gasteiger partial charge is 0.452 e. The van der Waals surface area contributed by atoms with E-state index >= 15 is 0 Å². The molecule has 0 saturated heterocycles. The van der Waals surface area contributed by atoms with Crippen molar-refractivity contribution in [3.8, 4) is 11.1 Å². The highest BCUT2D eigenvalue weighted by molar-refractivity contribution is 6.00. The second kappa shape index (κ2) is 5.09. The highest BCUT2D eigenvalue weighted by Gasteiger charge is 2.40. The number of carbonyl (C=O) groups excluding carboxylic acids is 2. The number of nitrogens with zero attached hydrogens (tertiary/aromatic N) is 1. The zero-order chi connectivity index (χ0) is 16.0. The molecule has 23 heavy (non-hydrogen) atoms. The Kier molecular flexibility index (Phi) is 3.05. The first kappa shape index (κ1) is 13.8. The summed E-state index contributed by atoms with van der Waals surface area (Å²) in [7, 11) is 0. The molecule has 2 aromatic rings. The van der Waals surface area contributed by atoms with Gasteiger partial charge in [0.05, 0.1) is 5.69 Å². The molecule has 2 heterocycles. The van der Waals surface area contributed by atoms with Crippen molar-refractivity contribution < 1.29 is 14.3 Å². The van der Waals surface area contributed by atoms with Crippen LogP contribution in [0.3, 0.4) is 0 Å². The third kappa shape index (κ3) is 2.06. The van der Waals surface area contributed by atoms with E-state index in [-0.39, 0.29) is 17.9 Å². The summed E-state index contributed by atoms with van der Waals surface area (Å²) in [4.78, 5) is 25.6. The third-order valence-corrected chi connectivity index (χ3v) is 4.34. The number of para-hydroxylation sites is 1. The summed E-state index contributed by atoms with van der Waals surface area (Å²) in [6.07, 6.45) is 2.68. The molecule has 2 aromatic carbocycles. The number of esters is 1. The Bertz CT molecular complexity index is 840. The van der Waals surface area contributed by atoms with Crippen LogP contribution in [0.4, 0.5) is 5.69 Å². The van der Waals surface area contributed by atoms with Gasteiger partial charge < -0.3 is 9.64 Å². The molecule has 0 bridgehead atoms. The summed E-state index contributed by atoms with van der Waals surface area (Å²) in [5, 5.41) is 0. The minimum atomic E-state index is -0.471. The van der Waals surface area contributed by atoms with E-state index in [9.17, 15) is 9.59 Å². The summed E-state index contributed by atoms with van der Waals surface area (Å²) in [5.41, 5.74) is 3.93. The van der Waals surface area contributed by atoms with Gasteiger partial charge in [0.2, 0.25) is 5.91 Å². The van der Waals surface area contributed by atoms with Crippen LogP contribution in [0, 0.1) is 0 Å². The van der Waals surface area contributed by atoms with E-state index in [1.54, 1.807) is 11.0 Å². The standard InChI is InChI=1S/C19H15NO3/c1-12(21)20-16-9-5-4-7-14(16)13-6-2-3-8-15(13)19(20)17-10-11-18(22)23-17/h2-11,17,19H,1H3/t17-,19-/m1/s1. The first-order valence-electron chi connectivity index (χ1n) is 7.54. The van der Waals surface area contributed by atoms with Crippen molar-refractivity contribution in [1.82, 2.24) is 0 Å². The number of ether oxygens (including phenoxy) is 1. The van der Waals surface area contributed by atoms with Crippen LogP contribution in [0.25, 0.3) is 11.1 Å². The van der Waals surface area contributed by atoms with Gasteiger partial charge in [-0.05, 0) is 23.3 Å². The van der Waals surface area contributed by atoms with Crippen LogP contribution in [-0.4, -0.2) is 18.0 Å². The van der Waals surface area contributed by atoms with Crippen LogP contribution in [0.2, 0.25) is 0 Å². The van der Waals surface area contributed by atoms with Crippen molar-refractivity contribution in [2.45, 2.75) is 19.1 Å². The van der Waals surface area contributed by atoms with Crippen LogP contribution >= 0.6 is 0 Å². The van der Waals surface area contributed by atoms with Gasteiger partial charge in [0.15, 0.2) is 0 Å². The quantitative estimate of drug-likeness (QED) is 0.760. The van der Waals surface area contributed by atoms with E-state index in [1.165, 1.54) is 13.0 Å². The Balaban J connectivity index is 1.96. The van der Waals surface area contributed by atoms with E-state index in [1.807, 2.05) is 48.5 Å². The molecule has 0 N–H and O–H groups in total. The van der Waals surface area contributed by atoms with E-state index in [0.717, 1.165) is 22.4 Å². The lowest BCUT2D eigenvalue weighted by Gasteiger charge is -2.40. The molecule has 4 nitrogen and oxygen atoms in total. The van der Waals surface area contributed by atoms with Crippen LogP contribution in [0.15, 0.2) is 60.7 Å². The highest BCUT2D eigenvalue weighted by atomic mass is 16.5. The molecule has 1 amide bonds. The molecule has 2 atom stereocenters. The van der Waals surface area contributed by atoms with E-state index in [2.05, 4.69) is 0 Å². The molecule has 0 unspecified atom stereocenters. The number of hydrogen-bond acceptors (Lipinski definition) is 3. The Morgan fingerprint density at radius 1 is 1.04 bits per heavy atom. The summed E-state index contributed by atoms with van der Waals surface area (Å²) in [5.74, 6) is -0.442. The average Bonchev–Trinajstić information content (AvgIpc) is 2.99. The van der Waals surface area contributed by atoms with Crippen molar-refractivity contribution in [1.29, 1.82) is 0 Å². The molecular weight excluding hydrogens is 290 g/mol. The molecular formula is C19H15NO3. The van der Waals surface area contributed by atoms with Gasteiger partial charge in [-0.3, -0.25) is 4.79 Å². The van der Waals surface area contributed by atoms with E-state index in [4.69, 9.17) is 4.74 Å². The van der Waals surface area contributed by atoms with Crippen LogP contribution in [-0.2, 0) is 14.3 Å². The summed E-state index contributed by atoms with van der Waals surface area (Å²) in [6, 6.07) is 15.4. The molecule has 0 aromatic heterocycles. The maximum absolute atomic E-state index is 12.4. The van der Waals surface area contributed by atoms with Gasteiger partial charge in [0.1, 0.15) is 12.1 Å². The highest BCUT2D eigenvalue weighted by Crippen LogP contribution is 2.46. The Labute approximate surface area is 134 Å². The lowest BCUT2D eigenvalue weighted by atomic mass is 9.85. The van der Waals surface area contributed by atoms with Gasteiger partial charge in [0, 0.05) is 18.6 Å². The van der Waals surface area contributed by atoms with Crippen molar-refractivity contribution in [2.24, 2.45) is 0 Å². The lowest BCUT2D eigenvalue weighted by Crippen LogP contribution is -2.42. The topological polar surface area (TPSA) is 46.6 Å². The molecule has 0 saturated carbocycles. The summed E-state index contributed by atoms with van der Waals surface area (Å²) >= 11 is 0. The van der Waals surface area contributed by atoms with Crippen molar-refractivity contribution in [2.75, 3.05) is 4.90 Å². The zero-order valence-electron chi connectivity index (χ0n) is 12.6. The van der Waals surface area contributed by atoms with Crippen molar-refractivity contribution in [3.05, 3.63) is 66.2 Å². The second-order valence-electron chi connectivity index (χ2n) is 5.70. The fourth-order valence-electron chi connectivity index (χ4n) is 3.45. The third-order valence-electron chi connectivity index (χ3n) is 4.34. The number of hydrogen-bond donors (Lipinski definition) is 0. The van der Waals surface area contributed by atoms with E-state index < -0.39 is 6.10 Å². The fourth-order valence-corrected chi connectivity index (χ4v) is 3.45. The number of cyclic esters (lactones) is 1. The maximum atomic E-state index is 12.4. The number of benzene rings is 2. The van der Waals surface area contributed by atoms with Gasteiger partial charge in [-0.15, -0.1) is 0 Å². The minimum absolute atomic E-state index is 0.0756. The Hall–Kier alpha value is -2.88. The number of carbonyl (C=O) groups is 2. The number of amides is 1. The molecule has 114 valence electrons. The van der Waals surface area contributed by atoms with Gasteiger partial charge in [0.25, 0.3) is 0 Å². The molecule has 4 rings (SSSR count). The normalized spacial score (nSPS) is 21.6. The SMILES string of the molecule is CC(=O)N1c2ccccc2-c2ccccc2[C@@H]1[C@H]1C=CC(=O)O1. The molecule has 2 aliphatic heterocycles. The van der Waals surface area contributed by atoms with Crippen LogP contribution < -0.4 is 4.90 Å². The predicted molar refractivity (Wildman–Crippen MR) is 86.8 cm³/mol. The van der Waals surface area contributed by atoms with Gasteiger partial charge in [-0.1, -0.05) is 42.5 Å². The van der Waals surface area contributed by atoms with Gasteiger partial charge >= 0.3 is 5.97 Å². The lowest BCUT2D eigenvalue weighted by molar-refractivity contribution is -0.140. The fraction of sp³-hybridized carbons (Fsp3) is 0.158. The predicted octanol–water partition coefficient (Wildman–Crippen LogP) is 3.24. The van der Waals surface area contributed by atoms with Crippen LogP contribution in [0.1, 0.15) is 18.5 Å². The molecule has 0 radical (unpaired) electrons. The number of fused-ring (bicyclic) bond motifs is 3. The van der Waals surface area contributed by atoms with E-state index in [0.29, 0.717) is 0 Å². The molecule has 0 spiro atoms. The van der Waals surface area contributed by atoms with Crippen LogP contribution in [0.5, 0.6) is 0 Å². The monoisotopic (exact) mass is 305 g/mol. The molecule has 0 fully saturated rings. The molecule has 4 heteroatoms. The van der Waals surface area contributed by atoms with Crippen molar-refractivity contribution >= 4 is 17.6 Å². The van der Waals surface area contributed by atoms with Crippen molar-refractivity contribution in [3.63, 3.8) is 0 Å². The van der Waals surface area contributed by atoms with Gasteiger partial charge in [-0.2, -0.15) is 0 Å². The summed E-state index contributed by atoms with van der Waals surface area (Å²) < 4.78 is 5.41. The number of rotatable bonds is 1. The maximum Gasteiger partial charge on any atom is 0.331 e. The summed E-state index contributed by atoms with van der Waals surface area (Å²) in [6.45, 7) is 1.54. The Morgan fingerprint density at radius 3 is 2.43 bits per heavy atom. The second-order valence-corrected chi connectivity index (χ2v) is 5.70. The molecule has 2 aliphatic rings. The zero-order valence-corrected chi connectivity index (χ0v) is 12.6. The first-order chi connectivity index (χ1) is 11.2. The Morgan fingerprint density at radius 2 is 1.74 bits per heavy atom. The number of anilines is 1. The van der Waals surface area contributed by atoms with Gasteiger partial charge in [-0.25, -0.2) is 4.79 Å². The smallest absolute Gasteiger partial charge is 0.331 e. The first-order valence-corrected chi connectivity index (χ1v) is 7.54. The molecule has 0 aliphatic carbocycles. The average molecular weight is 305 g/mol. The minimum Gasteiger partial charge on any atom is -0.452 e.